The van der Waals surface area contributed by atoms with Crippen molar-refractivity contribution in [3.05, 3.63) is 59.0 Å². The van der Waals surface area contributed by atoms with Crippen LogP contribution < -0.4 is 4.74 Å². The maximum atomic E-state index is 13.1. The summed E-state index contributed by atoms with van der Waals surface area (Å²) in [5.41, 5.74) is 1.15. The van der Waals surface area contributed by atoms with Gasteiger partial charge in [0.2, 0.25) is 0 Å². The predicted octanol–water partition coefficient (Wildman–Crippen LogP) is 4.13. The average Bonchev–Trinajstić information content (AvgIpc) is 2.79. The molecule has 3 aromatic rings. The number of carbonyl (C=O) groups is 1. The molecule has 0 unspecified atom stereocenters. The first-order valence-electron chi connectivity index (χ1n) is 6.40. The van der Waals surface area contributed by atoms with Gasteiger partial charge in [0.05, 0.1) is 12.6 Å². The molecule has 0 spiro atoms. The average molecular weight is 320 g/mol. The van der Waals surface area contributed by atoms with Crippen molar-refractivity contribution in [1.82, 2.24) is 4.57 Å². The van der Waals surface area contributed by atoms with E-state index in [1.165, 1.54) is 31.4 Å². The lowest BCUT2D eigenvalue weighted by atomic mass is 10.1. The summed E-state index contributed by atoms with van der Waals surface area (Å²) in [5, 5.41) is 9.95. The van der Waals surface area contributed by atoms with E-state index < -0.39 is 5.97 Å². The molecule has 1 heterocycles. The number of methoxy groups -OCH3 is 1. The highest BCUT2D eigenvalue weighted by Crippen LogP contribution is 2.35. The Balaban J connectivity index is 2.39. The number of rotatable bonds is 3. The lowest BCUT2D eigenvalue weighted by molar-refractivity contribution is 0.0699. The van der Waals surface area contributed by atoms with Gasteiger partial charge in [0.25, 0.3) is 0 Å². The summed E-state index contributed by atoms with van der Waals surface area (Å²) in [6.07, 6.45) is 0. The van der Waals surface area contributed by atoms with Crippen molar-refractivity contribution >= 4 is 28.5 Å². The number of halogens is 2. The molecular weight excluding hydrogens is 309 g/mol. The van der Waals surface area contributed by atoms with Crippen LogP contribution in [0.3, 0.4) is 0 Å². The molecule has 0 aliphatic heterocycles. The van der Waals surface area contributed by atoms with E-state index in [2.05, 4.69) is 0 Å². The maximum absolute atomic E-state index is 13.1. The third-order valence-electron chi connectivity index (χ3n) is 3.42. The maximum Gasteiger partial charge on any atom is 0.339 e. The fraction of sp³-hybridized carbons (Fsp3) is 0.0625. The largest absolute Gasteiger partial charge is 0.497 e. The Morgan fingerprint density at radius 2 is 1.91 bits per heavy atom. The Labute approximate surface area is 130 Å². The highest BCUT2D eigenvalue weighted by Gasteiger charge is 2.22. The van der Waals surface area contributed by atoms with E-state index in [1.54, 1.807) is 22.8 Å². The van der Waals surface area contributed by atoms with Gasteiger partial charge in [0, 0.05) is 17.1 Å². The van der Waals surface area contributed by atoms with Gasteiger partial charge in [-0.25, -0.2) is 9.18 Å². The standard InChI is InChI=1S/C16H11ClFNO3/c1-22-11-6-7-12-13(8-11)19(15(17)14(12)16(20)21)10-4-2-9(18)3-5-10/h2-8H,1H3,(H,20,21). The van der Waals surface area contributed by atoms with E-state index in [-0.39, 0.29) is 16.5 Å². The van der Waals surface area contributed by atoms with Crippen LogP contribution in [0.5, 0.6) is 5.75 Å². The number of aromatic carboxylic acids is 1. The van der Waals surface area contributed by atoms with Gasteiger partial charge in [0.15, 0.2) is 0 Å². The molecule has 0 saturated heterocycles. The second-order valence-corrected chi connectivity index (χ2v) is 5.02. The van der Waals surface area contributed by atoms with Crippen molar-refractivity contribution in [2.75, 3.05) is 7.11 Å². The zero-order valence-corrected chi connectivity index (χ0v) is 12.3. The topological polar surface area (TPSA) is 51.5 Å². The quantitative estimate of drug-likeness (QED) is 0.789. The first-order chi connectivity index (χ1) is 10.5. The molecule has 0 aliphatic rings. The van der Waals surface area contributed by atoms with Gasteiger partial charge in [-0.3, -0.25) is 4.57 Å². The van der Waals surface area contributed by atoms with Gasteiger partial charge in [0.1, 0.15) is 22.3 Å². The van der Waals surface area contributed by atoms with E-state index in [0.717, 1.165) is 0 Å². The van der Waals surface area contributed by atoms with Gasteiger partial charge in [-0.05, 0) is 36.4 Å². The zero-order chi connectivity index (χ0) is 15.9. The molecule has 0 fully saturated rings. The number of nitrogens with zero attached hydrogens (tertiary/aromatic N) is 1. The molecule has 1 N–H and O–H groups in total. The van der Waals surface area contributed by atoms with Crippen LogP contribution >= 0.6 is 11.6 Å². The third kappa shape index (κ3) is 2.19. The van der Waals surface area contributed by atoms with Crippen molar-refractivity contribution in [3.63, 3.8) is 0 Å². The van der Waals surface area contributed by atoms with Crippen LogP contribution in [0.2, 0.25) is 5.15 Å². The SMILES string of the molecule is COc1ccc2c(C(=O)O)c(Cl)n(-c3ccc(F)cc3)c2c1. The molecule has 0 atom stereocenters. The molecule has 1 aromatic heterocycles. The number of hydrogen-bond donors (Lipinski definition) is 1. The monoisotopic (exact) mass is 319 g/mol. The van der Waals surface area contributed by atoms with Crippen LogP contribution in [0.15, 0.2) is 42.5 Å². The normalized spacial score (nSPS) is 10.9. The van der Waals surface area contributed by atoms with Gasteiger partial charge < -0.3 is 9.84 Å². The van der Waals surface area contributed by atoms with Crippen LogP contribution in [-0.4, -0.2) is 22.8 Å². The van der Waals surface area contributed by atoms with E-state index in [4.69, 9.17) is 16.3 Å². The Hall–Kier alpha value is -2.53. The van der Waals surface area contributed by atoms with E-state index in [0.29, 0.717) is 22.3 Å². The zero-order valence-electron chi connectivity index (χ0n) is 11.5. The first-order valence-corrected chi connectivity index (χ1v) is 6.78. The molecule has 112 valence electrons. The summed E-state index contributed by atoms with van der Waals surface area (Å²) in [4.78, 5) is 11.5. The van der Waals surface area contributed by atoms with Gasteiger partial charge in [-0.15, -0.1) is 0 Å². The summed E-state index contributed by atoms with van der Waals surface area (Å²) in [6.45, 7) is 0. The Morgan fingerprint density at radius 1 is 1.23 bits per heavy atom. The number of aromatic nitrogens is 1. The van der Waals surface area contributed by atoms with Crippen LogP contribution in [0, 0.1) is 5.82 Å². The van der Waals surface area contributed by atoms with Crippen LogP contribution in [0.1, 0.15) is 10.4 Å². The lowest BCUT2D eigenvalue weighted by Gasteiger charge is -2.08. The second kappa shape index (κ2) is 5.35. The molecule has 0 bridgehead atoms. The lowest BCUT2D eigenvalue weighted by Crippen LogP contribution is -1.98. The smallest absolute Gasteiger partial charge is 0.339 e. The van der Waals surface area contributed by atoms with Crippen LogP contribution in [0.25, 0.3) is 16.6 Å². The van der Waals surface area contributed by atoms with E-state index >= 15 is 0 Å². The van der Waals surface area contributed by atoms with Crippen LogP contribution in [0.4, 0.5) is 4.39 Å². The van der Waals surface area contributed by atoms with Crippen molar-refractivity contribution in [2.45, 2.75) is 0 Å². The van der Waals surface area contributed by atoms with Crippen molar-refractivity contribution in [1.29, 1.82) is 0 Å². The minimum absolute atomic E-state index is 0.00337. The highest BCUT2D eigenvalue weighted by molar-refractivity contribution is 6.35. The van der Waals surface area contributed by atoms with Gasteiger partial charge in [-0.2, -0.15) is 0 Å². The molecule has 0 saturated carbocycles. The summed E-state index contributed by atoms with van der Waals surface area (Å²) < 4.78 is 19.8. The molecule has 2 aromatic carbocycles. The summed E-state index contributed by atoms with van der Waals surface area (Å²) in [6, 6.07) is 10.6. The highest BCUT2D eigenvalue weighted by atomic mass is 35.5. The van der Waals surface area contributed by atoms with Crippen molar-refractivity contribution in [2.24, 2.45) is 0 Å². The molecule has 22 heavy (non-hydrogen) atoms. The van der Waals surface area contributed by atoms with E-state index in [9.17, 15) is 14.3 Å². The summed E-state index contributed by atoms with van der Waals surface area (Å²) >= 11 is 6.26. The fourth-order valence-electron chi connectivity index (χ4n) is 2.41. The number of carboxylic acids is 1. The van der Waals surface area contributed by atoms with Gasteiger partial charge in [-0.1, -0.05) is 11.6 Å². The van der Waals surface area contributed by atoms with Crippen LogP contribution in [-0.2, 0) is 0 Å². The fourth-order valence-corrected chi connectivity index (χ4v) is 2.78. The molecular formula is C16H11ClFNO3. The predicted molar refractivity (Wildman–Crippen MR) is 81.8 cm³/mol. The summed E-state index contributed by atoms with van der Waals surface area (Å²) in [5.74, 6) is -0.935. The molecule has 4 nitrogen and oxygen atoms in total. The molecule has 0 amide bonds. The number of fused-ring (bicyclic) bond motifs is 1. The minimum atomic E-state index is -1.12. The number of ether oxygens (including phenoxy) is 1. The number of carboxylic acid groups (broad SMARTS) is 1. The van der Waals surface area contributed by atoms with Gasteiger partial charge >= 0.3 is 5.97 Å². The first kappa shape index (κ1) is 14.4. The Bertz CT molecular complexity index is 871. The third-order valence-corrected chi connectivity index (χ3v) is 3.77. The molecule has 6 heteroatoms. The van der Waals surface area contributed by atoms with Crippen molar-refractivity contribution in [3.8, 4) is 11.4 Å². The molecule has 0 aliphatic carbocycles. The molecule has 0 radical (unpaired) electrons. The van der Waals surface area contributed by atoms with E-state index in [1.807, 2.05) is 0 Å². The second-order valence-electron chi connectivity index (χ2n) is 4.67. The Kier molecular flexibility index (Phi) is 3.50. The molecule has 3 rings (SSSR count). The number of benzene rings is 2. The van der Waals surface area contributed by atoms with Crippen molar-refractivity contribution < 1.29 is 19.0 Å². The number of hydrogen-bond acceptors (Lipinski definition) is 2. The minimum Gasteiger partial charge on any atom is -0.497 e. The Morgan fingerprint density at radius 3 is 2.50 bits per heavy atom. The summed E-state index contributed by atoms with van der Waals surface area (Å²) in [7, 11) is 1.52.